The SMILES string of the molecule is COc1cccc(CC(=O)C(C)(C)N2CCCC2)c1. The Morgan fingerprint density at radius 1 is 1.32 bits per heavy atom. The summed E-state index contributed by atoms with van der Waals surface area (Å²) >= 11 is 0. The fourth-order valence-corrected chi connectivity index (χ4v) is 2.64. The minimum atomic E-state index is -0.362. The molecule has 0 atom stereocenters. The molecule has 1 fully saturated rings. The van der Waals surface area contributed by atoms with Crippen LogP contribution in [0, 0.1) is 0 Å². The van der Waals surface area contributed by atoms with Crippen LogP contribution in [-0.4, -0.2) is 36.4 Å². The summed E-state index contributed by atoms with van der Waals surface area (Å²) < 4.78 is 5.20. The molecule has 0 saturated carbocycles. The molecule has 1 aliphatic rings. The first-order valence-corrected chi connectivity index (χ1v) is 6.95. The van der Waals surface area contributed by atoms with Crippen LogP contribution in [0.25, 0.3) is 0 Å². The van der Waals surface area contributed by atoms with Gasteiger partial charge in [-0.3, -0.25) is 9.69 Å². The van der Waals surface area contributed by atoms with Crippen LogP contribution in [-0.2, 0) is 11.2 Å². The van der Waals surface area contributed by atoms with Gasteiger partial charge < -0.3 is 4.74 Å². The Bertz CT molecular complexity index is 448. The molecule has 1 heterocycles. The van der Waals surface area contributed by atoms with Crippen LogP contribution in [0.3, 0.4) is 0 Å². The number of methoxy groups -OCH3 is 1. The normalized spacial score (nSPS) is 16.6. The lowest BCUT2D eigenvalue weighted by Crippen LogP contribution is -2.49. The van der Waals surface area contributed by atoms with E-state index >= 15 is 0 Å². The molecule has 0 spiro atoms. The molecular weight excluding hydrogens is 238 g/mol. The monoisotopic (exact) mass is 261 g/mol. The Balaban J connectivity index is 2.06. The van der Waals surface area contributed by atoms with E-state index in [1.165, 1.54) is 12.8 Å². The number of benzene rings is 1. The van der Waals surface area contributed by atoms with Crippen LogP contribution in [0.15, 0.2) is 24.3 Å². The molecule has 0 aromatic heterocycles. The molecule has 0 unspecified atom stereocenters. The van der Waals surface area contributed by atoms with Gasteiger partial charge in [-0.05, 0) is 57.5 Å². The summed E-state index contributed by atoms with van der Waals surface area (Å²) in [7, 11) is 1.65. The van der Waals surface area contributed by atoms with Gasteiger partial charge >= 0.3 is 0 Å². The fraction of sp³-hybridized carbons (Fsp3) is 0.562. The molecule has 19 heavy (non-hydrogen) atoms. The number of ketones is 1. The number of hydrogen-bond donors (Lipinski definition) is 0. The molecule has 1 aromatic carbocycles. The molecule has 2 rings (SSSR count). The topological polar surface area (TPSA) is 29.5 Å². The maximum Gasteiger partial charge on any atom is 0.156 e. The van der Waals surface area contributed by atoms with Crippen LogP contribution in [0.2, 0.25) is 0 Å². The maximum atomic E-state index is 12.5. The Morgan fingerprint density at radius 2 is 2.00 bits per heavy atom. The van der Waals surface area contributed by atoms with Crippen molar-refractivity contribution in [1.29, 1.82) is 0 Å². The van der Waals surface area contributed by atoms with Crippen molar-refractivity contribution in [3.8, 4) is 5.75 Å². The number of likely N-dealkylation sites (tertiary alicyclic amines) is 1. The quantitative estimate of drug-likeness (QED) is 0.816. The number of rotatable bonds is 5. The summed E-state index contributed by atoms with van der Waals surface area (Å²) in [5.41, 5.74) is 0.663. The number of Topliss-reactive ketones (excluding diaryl/α,β-unsaturated/α-hetero) is 1. The molecule has 0 N–H and O–H groups in total. The highest BCUT2D eigenvalue weighted by Gasteiger charge is 2.35. The first-order valence-electron chi connectivity index (χ1n) is 6.95. The van der Waals surface area contributed by atoms with Crippen LogP contribution in [0.1, 0.15) is 32.3 Å². The van der Waals surface area contributed by atoms with Gasteiger partial charge in [-0.2, -0.15) is 0 Å². The molecule has 104 valence electrons. The third-order valence-corrected chi connectivity index (χ3v) is 4.08. The summed E-state index contributed by atoms with van der Waals surface area (Å²) in [6.07, 6.45) is 2.88. The fourth-order valence-electron chi connectivity index (χ4n) is 2.64. The van der Waals surface area contributed by atoms with Crippen molar-refractivity contribution in [2.24, 2.45) is 0 Å². The number of carbonyl (C=O) groups excluding carboxylic acids is 1. The highest BCUT2D eigenvalue weighted by Crippen LogP contribution is 2.24. The van der Waals surface area contributed by atoms with Crippen molar-refractivity contribution in [3.05, 3.63) is 29.8 Å². The summed E-state index contributed by atoms with van der Waals surface area (Å²) in [5, 5.41) is 0. The predicted octanol–water partition coefficient (Wildman–Crippen LogP) is 2.68. The number of hydrogen-bond acceptors (Lipinski definition) is 3. The second-order valence-electron chi connectivity index (χ2n) is 5.70. The second-order valence-corrected chi connectivity index (χ2v) is 5.70. The van der Waals surface area contributed by atoms with Crippen molar-refractivity contribution in [2.45, 2.75) is 38.6 Å². The van der Waals surface area contributed by atoms with E-state index in [4.69, 9.17) is 4.74 Å². The molecule has 3 heteroatoms. The first-order chi connectivity index (χ1) is 9.04. The first kappa shape index (κ1) is 14.1. The molecule has 3 nitrogen and oxygen atoms in total. The van der Waals surface area contributed by atoms with Crippen molar-refractivity contribution < 1.29 is 9.53 Å². The summed E-state index contributed by atoms with van der Waals surface area (Å²) in [6, 6.07) is 7.77. The predicted molar refractivity (Wildman–Crippen MR) is 76.6 cm³/mol. The molecular formula is C16H23NO2. The molecule has 1 aliphatic heterocycles. The third kappa shape index (κ3) is 3.16. The van der Waals surface area contributed by atoms with Gasteiger partial charge in [0.2, 0.25) is 0 Å². The molecule has 1 saturated heterocycles. The Morgan fingerprint density at radius 3 is 2.63 bits per heavy atom. The Kier molecular flexibility index (Phi) is 4.25. The summed E-state index contributed by atoms with van der Waals surface area (Å²) in [6.45, 7) is 6.16. The number of ether oxygens (including phenoxy) is 1. The highest BCUT2D eigenvalue weighted by atomic mass is 16.5. The lowest BCUT2D eigenvalue weighted by atomic mass is 9.92. The highest BCUT2D eigenvalue weighted by molar-refractivity contribution is 5.89. The smallest absolute Gasteiger partial charge is 0.156 e. The van der Waals surface area contributed by atoms with Crippen LogP contribution >= 0.6 is 0 Å². The Labute approximate surface area is 115 Å². The lowest BCUT2D eigenvalue weighted by Gasteiger charge is -2.34. The minimum Gasteiger partial charge on any atom is -0.497 e. The zero-order valence-corrected chi connectivity index (χ0v) is 12.1. The molecule has 1 aromatic rings. The van der Waals surface area contributed by atoms with Gasteiger partial charge in [-0.1, -0.05) is 12.1 Å². The van der Waals surface area contributed by atoms with Crippen molar-refractivity contribution in [2.75, 3.05) is 20.2 Å². The average Bonchev–Trinajstić information content (AvgIpc) is 2.93. The van der Waals surface area contributed by atoms with E-state index in [0.29, 0.717) is 6.42 Å². The van der Waals surface area contributed by atoms with Gasteiger partial charge in [-0.25, -0.2) is 0 Å². The van der Waals surface area contributed by atoms with Gasteiger partial charge in [0.15, 0.2) is 5.78 Å². The van der Waals surface area contributed by atoms with E-state index in [0.717, 1.165) is 24.4 Å². The van der Waals surface area contributed by atoms with Crippen molar-refractivity contribution in [1.82, 2.24) is 4.90 Å². The number of carbonyl (C=O) groups is 1. The van der Waals surface area contributed by atoms with E-state index in [2.05, 4.69) is 4.90 Å². The van der Waals surface area contributed by atoms with Crippen molar-refractivity contribution in [3.63, 3.8) is 0 Å². The van der Waals surface area contributed by atoms with E-state index in [1.807, 2.05) is 38.1 Å². The standard InChI is InChI=1S/C16H23NO2/c1-16(2,17-9-4-5-10-17)15(18)12-13-7-6-8-14(11-13)19-3/h6-8,11H,4-5,9-10,12H2,1-3H3. The Hall–Kier alpha value is -1.35. The van der Waals surface area contributed by atoms with E-state index < -0.39 is 0 Å². The van der Waals surface area contributed by atoms with E-state index in [-0.39, 0.29) is 11.3 Å². The zero-order chi connectivity index (χ0) is 13.9. The lowest BCUT2D eigenvalue weighted by molar-refractivity contribution is -0.128. The van der Waals surface area contributed by atoms with E-state index in [1.54, 1.807) is 7.11 Å². The minimum absolute atomic E-state index is 0.280. The third-order valence-electron chi connectivity index (χ3n) is 4.08. The zero-order valence-electron chi connectivity index (χ0n) is 12.1. The van der Waals surface area contributed by atoms with Crippen LogP contribution in [0.5, 0.6) is 5.75 Å². The summed E-state index contributed by atoms with van der Waals surface area (Å²) in [5.74, 6) is 1.09. The average molecular weight is 261 g/mol. The summed E-state index contributed by atoms with van der Waals surface area (Å²) in [4.78, 5) is 14.8. The molecule has 0 radical (unpaired) electrons. The molecule has 0 amide bonds. The van der Waals surface area contributed by atoms with Crippen LogP contribution in [0.4, 0.5) is 0 Å². The van der Waals surface area contributed by atoms with Crippen LogP contribution < -0.4 is 4.74 Å². The second kappa shape index (κ2) is 5.74. The van der Waals surface area contributed by atoms with Gasteiger partial charge in [0, 0.05) is 6.42 Å². The van der Waals surface area contributed by atoms with Gasteiger partial charge in [0.25, 0.3) is 0 Å². The van der Waals surface area contributed by atoms with Gasteiger partial charge in [0.1, 0.15) is 5.75 Å². The van der Waals surface area contributed by atoms with E-state index in [9.17, 15) is 4.79 Å². The number of nitrogens with zero attached hydrogens (tertiary/aromatic N) is 1. The molecule has 0 bridgehead atoms. The maximum absolute atomic E-state index is 12.5. The van der Waals surface area contributed by atoms with Gasteiger partial charge in [-0.15, -0.1) is 0 Å². The van der Waals surface area contributed by atoms with Gasteiger partial charge in [0.05, 0.1) is 12.6 Å². The van der Waals surface area contributed by atoms with Crippen molar-refractivity contribution >= 4 is 5.78 Å². The largest absolute Gasteiger partial charge is 0.497 e. The molecule has 0 aliphatic carbocycles.